The molecule has 1 aliphatic heterocycles. The molecular formula is C27H27BrF2N2O3. The highest BCUT2D eigenvalue weighted by Gasteiger charge is 2.27. The molecule has 2 aromatic carbocycles. The monoisotopic (exact) mass is 544 g/mol. The molecular weight excluding hydrogens is 518 g/mol. The van der Waals surface area contributed by atoms with Gasteiger partial charge >= 0.3 is 5.97 Å². The molecule has 0 saturated carbocycles. The number of aromatic nitrogens is 1. The zero-order valence-corrected chi connectivity index (χ0v) is 21.3. The molecule has 35 heavy (non-hydrogen) atoms. The topological polar surface area (TPSA) is 51.7 Å². The van der Waals surface area contributed by atoms with Gasteiger partial charge in [0.2, 0.25) is 0 Å². The molecule has 1 fully saturated rings. The highest BCUT2D eigenvalue weighted by molar-refractivity contribution is 9.10. The van der Waals surface area contributed by atoms with Crippen molar-refractivity contribution in [2.24, 2.45) is 5.92 Å². The van der Waals surface area contributed by atoms with Crippen molar-refractivity contribution in [1.82, 2.24) is 4.98 Å². The smallest absolute Gasteiger partial charge is 0.309 e. The fourth-order valence-electron chi connectivity index (χ4n) is 4.22. The zero-order valence-electron chi connectivity index (χ0n) is 19.7. The van der Waals surface area contributed by atoms with Gasteiger partial charge in [0.05, 0.1) is 18.2 Å². The number of aryl methyl sites for hydroxylation is 1. The number of pyridine rings is 1. The van der Waals surface area contributed by atoms with Gasteiger partial charge in [-0.3, -0.25) is 4.79 Å². The molecule has 1 aromatic heterocycles. The van der Waals surface area contributed by atoms with Gasteiger partial charge in [-0.15, -0.1) is 0 Å². The normalized spacial score (nSPS) is 14.1. The average molecular weight is 545 g/mol. The third-order valence-electron chi connectivity index (χ3n) is 6.13. The van der Waals surface area contributed by atoms with E-state index in [9.17, 15) is 13.6 Å². The average Bonchev–Trinajstić information content (AvgIpc) is 2.84. The van der Waals surface area contributed by atoms with Crippen LogP contribution >= 0.6 is 15.9 Å². The van der Waals surface area contributed by atoms with Gasteiger partial charge in [-0.25, -0.2) is 13.8 Å². The van der Waals surface area contributed by atoms with E-state index in [-0.39, 0.29) is 29.8 Å². The summed E-state index contributed by atoms with van der Waals surface area (Å²) >= 11 is 3.43. The Morgan fingerprint density at radius 1 is 1.14 bits per heavy atom. The van der Waals surface area contributed by atoms with Gasteiger partial charge in [0.25, 0.3) is 0 Å². The third kappa shape index (κ3) is 5.99. The van der Waals surface area contributed by atoms with Crippen LogP contribution in [0.2, 0.25) is 0 Å². The van der Waals surface area contributed by atoms with E-state index in [2.05, 4.69) is 20.8 Å². The lowest BCUT2D eigenvalue weighted by Gasteiger charge is -2.32. The van der Waals surface area contributed by atoms with Crippen LogP contribution in [0.1, 0.15) is 30.9 Å². The molecule has 3 aromatic rings. The van der Waals surface area contributed by atoms with E-state index in [1.165, 1.54) is 6.07 Å². The number of nitrogens with zero attached hydrogens (tertiary/aromatic N) is 2. The van der Waals surface area contributed by atoms with Gasteiger partial charge in [0.1, 0.15) is 18.2 Å². The molecule has 8 heteroatoms. The van der Waals surface area contributed by atoms with E-state index < -0.39 is 11.6 Å². The second-order valence-electron chi connectivity index (χ2n) is 8.52. The number of carbonyl (C=O) groups is 1. The molecule has 0 atom stereocenters. The van der Waals surface area contributed by atoms with Crippen LogP contribution in [0, 0.1) is 24.5 Å². The van der Waals surface area contributed by atoms with E-state index in [1.807, 2.05) is 31.2 Å². The minimum absolute atomic E-state index is 0.0422. The maximum Gasteiger partial charge on any atom is 0.309 e. The molecule has 0 N–H and O–H groups in total. The standard InChI is InChI=1S/C27H27BrF2N2O3/c1-3-34-27(33)18-9-11-32(12-10-18)25-6-4-5-24(31-25)22-14-21(29)15-23(30)26(22)35-16-19-7-8-20(28)13-17(19)2/h4-8,13-15,18H,3,9-12,16H2,1-2H3. The van der Waals surface area contributed by atoms with Crippen LogP contribution in [0.3, 0.4) is 0 Å². The maximum atomic E-state index is 14.8. The lowest BCUT2D eigenvalue weighted by atomic mass is 9.97. The first-order valence-electron chi connectivity index (χ1n) is 11.6. The third-order valence-corrected chi connectivity index (χ3v) is 6.63. The van der Waals surface area contributed by atoms with Crippen LogP contribution in [0.15, 0.2) is 53.0 Å². The molecule has 4 rings (SSSR count). The van der Waals surface area contributed by atoms with E-state index in [1.54, 1.807) is 19.1 Å². The van der Waals surface area contributed by atoms with Crippen LogP contribution in [-0.2, 0) is 16.1 Å². The predicted octanol–water partition coefficient (Wildman–Crippen LogP) is 6.46. The highest BCUT2D eigenvalue weighted by Crippen LogP contribution is 2.35. The molecule has 5 nitrogen and oxygen atoms in total. The maximum absolute atomic E-state index is 14.8. The van der Waals surface area contributed by atoms with Crippen molar-refractivity contribution < 1.29 is 23.0 Å². The van der Waals surface area contributed by atoms with E-state index in [0.717, 1.165) is 21.7 Å². The highest BCUT2D eigenvalue weighted by atomic mass is 79.9. The lowest BCUT2D eigenvalue weighted by molar-refractivity contribution is -0.148. The Kier molecular flexibility index (Phi) is 8.00. The summed E-state index contributed by atoms with van der Waals surface area (Å²) in [5, 5.41) is 0. The lowest BCUT2D eigenvalue weighted by Crippen LogP contribution is -2.37. The molecule has 0 radical (unpaired) electrons. The summed E-state index contributed by atoms with van der Waals surface area (Å²) in [7, 11) is 0. The van der Waals surface area contributed by atoms with Crippen LogP contribution in [0.5, 0.6) is 5.75 Å². The molecule has 2 heterocycles. The first-order valence-corrected chi connectivity index (χ1v) is 12.4. The van der Waals surface area contributed by atoms with E-state index >= 15 is 0 Å². The zero-order chi connectivity index (χ0) is 24.9. The second kappa shape index (κ2) is 11.2. The summed E-state index contributed by atoms with van der Waals surface area (Å²) < 4.78 is 41.0. The Morgan fingerprint density at radius 2 is 1.91 bits per heavy atom. The van der Waals surface area contributed by atoms with Crippen LogP contribution < -0.4 is 9.64 Å². The van der Waals surface area contributed by atoms with Crippen molar-refractivity contribution in [3.8, 4) is 17.0 Å². The Bertz CT molecular complexity index is 1210. The largest absolute Gasteiger partial charge is 0.485 e. The SMILES string of the molecule is CCOC(=O)C1CCN(c2cccc(-c3cc(F)cc(F)c3OCc3ccc(Br)cc3C)n2)CC1. The minimum atomic E-state index is -0.780. The van der Waals surface area contributed by atoms with E-state index in [0.29, 0.717) is 44.0 Å². The quantitative estimate of drug-likeness (QED) is 0.319. The Morgan fingerprint density at radius 3 is 2.63 bits per heavy atom. The van der Waals surface area contributed by atoms with Crippen molar-refractivity contribution in [1.29, 1.82) is 0 Å². The molecule has 0 bridgehead atoms. The van der Waals surface area contributed by atoms with Gasteiger partial charge in [-0.1, -0.05) is 28.1 Å². The van der Waals surface area contributed by atoms with Crippen molar-refractivity contribution in [2.45, 2.75) is 33.3 Å². The number of carbonyl (C=O) groups excluding carboxylic acids is 1. The molecule has 0 amide bonds. The van der Waals surface area contributed by atoms with Crippen molar-refractivity contribution >= 4 is 27.7 Å². The van der Waals surface area contributed by atoms with Crippen molar-refractivity contribution in [3.05, 3.63) is 75.8 Å². The molecule has 0 unspecified atom stereocenters. The fraction of sp³-hybridized carbons (Fsp3) is 0.333. The Hall–Kier alpha value is -3.00. The minimum Gasteiger partial charge on any atom is -0.485 e. The molecule has 0 spiro atoms. The van der Waals surface area contributed by atoms with Gasteiger partial charge in [0.15, 0.2) is 11.6 Å². The van der Waals surface area contributed by atoms with Crippen LogP contribution in [0.25, 0.3) is 11.3 Å². The van der Waals surface area contributed by atoms with Crippen molar-refractivity contribution in [3.63, 3.8) is 0 Å². The molecule has 1 aliphatic rings. The molecule has 184 valence electrons. The fourth-order valence-corrected chi connectivity index (χ4v) is 4.70. The number of hydrogen-bond donors (Lipinski definition) is 0. The number of piperidine rings is 1. The summed E-state index contributed by atoms with van der Waals surface area (Å²) in [5.41, 5.74) is 2.56. The van der Waals surface area contributed by atoms with Crippen molar-refractivity contribution in [2.75, 3.05) is 24.6 Å². The van der Waals surface area contributed by atoms with Gasteiger partial charge < -0.3 is 14.4 Å². The number of halogens is 3. The summed E-state index contributed by atoms with van der Waals surface area (Å²) in [6.45, 7) is 5.54. The first-order chi connectivity index (χ1) is 16.9. The second-order valence-corrected chi connectivity index (χ2v) is 9.43. The number of rotatable bonds is 7. The Balaban J connectivity index is 1.56. The van der Waals surface area contributed by atoms with E-state index in [4.69, 9.17) is 14.5 Å². The molecule has 1 saturated heterocycles. The summed E-state index contributed by atoms with van der Waals surface area (Å²) in [4.78, 5) is 18.8. The van der Waals surface area contributed by atoms with Gasteiger partial charge in [0, 0.05) is 29.2 Å². The number of esters is 1. The predicted molar refractivity (Wildman–Crippen MR) is 134 cm³/mol. The van der Waals surface area contributed by atoms with Gasteiger partial charge in [-0.2, -0.15) is 0 Å². The van der Waals surface area contributed by atoms with Crippen LogP contribution in [-0.4, -0.2) is 30.6 Å². The number of anilines is 1. The van der Waals surface area contributed by atoms with Crippen LogP contribution in [0.4, 0.5) is 14.6 Å². The summed E-state index contributed by atoms with van der Waals surface area (Å²) in [6, 6.07) is 13.2. The van der Waals surface area contributed by atoms with Gasteiger partial charge in [-0.05, 0) is 68.1 Å². The Labute approximate surface area is 212 Å². The summed E-state index contributed by atoms with van der Waals surface area (Å²) in [6.07, 6.45) is 1.33. The number of ether oxygens (including phenoxy) is 2. The number of benzene rings is 2. The summed E-state index contributed by atoms with van der Waals surface area (Å²) in [5.74, 6) is -1.12. The number of hydrogen-bond acceptors (Lipinski definition) is 5. The molecule has 0 aliphatic carbocycles. The first kappa shape index (κ1) is 25.1.